The fourth-order valence-electron chi connectivity index (χ4n) is 2.23. The highest BCUT2D eigenvalue weighted by Crippen LogP contribution is 2.27. The minimum atomic E-state index is -0.483. The van der Waals surface area contributed by atoms with Crippen LogP contribution < -0.4 is 11.1 Å². The van der Waals surface area contributed by atoms with E-state index in [9.17, 15) is 4.79 Å². The van der Waals surface area contributed by atoms with Gasteiger partial charge in [-0.25, -0.2) is 0 Å². The summed E-state index contributed by atoms with van der Waals surface area (Å²) in [6.45, 7) is 2.27. The molecule has 4 heteroatoms. The third-order valence-electron chi connectivity index (χ3n) is 3.08. The molecule has 16 heavy (non-hydrogen) atoms. The number of anilines is 1. The number of primary amides is 1. The third-order valence-corrected chi connectivity index (χ3v) is 3.08. The predicted octanol–water partition coefficient (Wildman–Crippen LogP) is 1.78. The number of nitrogens with two attached hydrogens (primary N) is 1. The smallest absolute Gasteiger partial charge is 0.267 e. The zero-order valence-electron chi connectivity index (χ0n) is 9.44. The van der Waals surface area contributed by atoms with E-state index in [-0.39, 0.29) is 0 Å². The van der Waals surface area contributed by atoms with Crippen LogP contribution in [0, 0.1) is 5.92 Å². The summed E-state index contributed by atoms with van der Waals surface area (Å²) in [5.74, 6) is 0.304. The van der Waals surface area contributed by atoms with Gasteiger partial charge in [0, 0.05) is 17.9 Å². The van der Waals surface area contributed by atoms with Gasteiger partial charge in [0.15, 0.2) is 0 Å². The molecule has 2 rings (SSSR count). The highest BCUT2D eigenvalue weighted by Gasteiger charge is 2.21. The van der Waals surface area contributed by atoms with Crippen LogP contribution >= 0.6 is 0 Å². The van der Waals surface area contributed by atoms with Crippen molar-refractivity contribution in [2.45, 2.75) is 32.2 Å². The minimum Gasteiger partial charge on any atom is -0.382 e. The molecule has 4 nitrogen and oxygen atoms in total. The zero-order valence-corrected chi connectivity index (χ0v) is 9.44. The summed E-state index contributed by atoms with van der Waals surface area (Å²) in [6.07, 6.45) is 5.26. The summed E-state index contributed by atoms with van der Waals surface area (Å²) < 4.78 is 0. The van der Waals surface area contributed by atoms with E-state index in [1.165, 1.54) is 19.3 Å². The molecule has 1 aromatic heterocycles. The Bertz CT molecular complexity index is 392. The monoisotopic (exact) mass is 219 g/mol. The second-order valence-electron chi connectivity index (χ2n) is 4.55. The van der Waals surface area contributed by atoms with Gasteiger partial charge in [-0.3, -0.25) is 9.78 Å². The highest BCUT2D eigenvalue weighted by atomic mass is 16.1. The molecule has 1 fully saturated rings. The predicted molar refractivity (Wildman–Crippen MR) is 63.2 cm³/mol. The lowest BCUT2D eigenvalue weighted by Crippen LogP contribution is -2.17. The van der Waals surface area contributed by atoms with Crippen LogP contribution in [-0.2, 0) is 0 Å². The van der Waals surface area contributed by atoms with Gasteiger partial charge in [0.25, 0.3) is 5.91 Å². The van der Waals surface area contributed by atoms with Crippen molar-refractivity contribution in [1.29, 1.82) is 0 Å². The van der Waals surface area contributed by atoms with E-state index < -0.39 is 5.91 Å². The van der Waals surface area contributed by atoms with Crippen LogP contribution in [-0.4, -0.2) is 16.9 Å². The zero-order chi connectivity index (χ0) is 11.5. The lowest BCUT2D eigenvalue weighted by atomic mass is 10.1. The summed E-state index contributed by atoms with van der Waals surface area (Å²) in [6, 6.07) is 4.10. The molecule has 86 valence electrons. The van der Waals surface area contributed by atoms with Gasteiger partial charge in [-0.2, -0.15) is 0 Å². The van der Waals surface area contributed by atoms with E-state index in [0.29, 0.717) is 11.7 Å². The van der Waals surface area contributed by atoms with E-state index in [0.717, 1.165) is 11.6 Å². The number of amides is 1. The first-order valence-corrected chi connectivity index (χ1v) is 5.67. The molecule has 0 aliphatic heterocycles. The lowest BCUT2D eigenvalue weighted by Gasteiger charge is -2.14. The van der Waals surface area contributed by atoms with Gasteiger partial charge in [0.05, 0.1) is 0 Å². The molecule has 1 aliphatic carbocycles. The average Bonchev–Trinajstić information content (AvgIpc) is 2.64. The number of hydrogen-bond donors (Lipinski definition) is 2. The van der Waals surface area contributed by atoms with Crippen LogP contribution in [0.1, 0.15) is 36.7 Å². The molecule has 0 saturated heterocycles. The Kier molecular flexibility index (Phi) is 3.08. The van der Waals surface area contributed by atoms with Gasteiger partial charge in [-0.15, -0.1) is 0 Å². The molecular weight excluding hydrogens is 202 g/mol. The van der Waals surface area contributed by atoms with Gasteiger partial charge in [-0.05, 0) is 37.3 Å². The average molecular weight is 219 g/mol. The molecule has 1 aliphatic rings. The van der Waals surface area contributed by atoms with Crippen molar-refractivity contribution in [2.24, 2.45) is 11.7 Å². The summed E-state index contributed by atoms with van der Waals surface area (Å²) in [7, 11) is 0. The molecule has 2 atom stereocenters. The quantitative estimate of drug-likeness (QED) is 0.814. The maximum absolute atomic E-state index is 11.0. The number of rotatable bonds is 3. The van der Waals surface area contributed by atoms with Crippen molar-refractivity contribution >= 4 is 11.6 Å². The number of carbonyl (C=O) groups is 1. The van der Waals surface area contributed by atoms with E-state index in [1.807, 2.05) is 6.07 Å². The van der Waals surface area contributed by atoms with E-state index >= 15 is 0 Å². The van der Waals surface area contributed by atoms with Gasteiger partial charge in [-0.1, -0.05) is 6.92 Å². The summed E-state index contributed by atoms with van der Waals surface area (Å²) in [5, 5.41) is 3.42. The Balaban J connectivity index is 2.04. The van der Waals surface area contributed by atoms with Crippen molar-refractivity contribution in [3.63, 3.8) is 0 Å². The van der Waals surface area contributed by atoms with Crippen LogP contribution in [0.4, 0.5) is 5.69 Å². The van der Waals surface area contributed by atoms with Gasteiger partial charge in [0.1, 0.15) is 5.69 Å². The van der Waals surface area contributed by atoms with E-state index in [2.05, 4.69) is 17.2 Å². The van der Waals surface area contributed by atoms with E-state index in [4.69, 9.17) is 5.73 Å². The number of nitrogens with zero attached hydrogens (tertiary/aromatic N) is 1. The molecule has 1 saturated carbocycles. The molecule has 2 unspecified atom stereocenters. The van der Waals surface area contributed by atoms with Crippen LogP contribution in [0.15, 0.2) is 18.3 Å². The molecule has 0 spiro atoms. The Morgan fingerprint density at radius 1 is 1.56 bits per heavy atom. The fraction of sp³-hybridized carbons (Fsp3) is 0.500. The van der Waals surface area contributed by atoms with Crippen molar-refractivity contribution in [3.8, 4) is 0 Å². The fourth-order valence-corrected chi connectivity index (χ4v) is 2.23. The molecule has 1 amide bonds. The first-order valence-electron chi connectivity index (χ1n) is 5.67. The molecule has 3 N–H and O–H groups in total. The second kappa shape index (κ2) is 4.51. The van der Waals surface area contributed by atoms with Crippen molar-refractivity contribution < 1.29 is 4.79 Å². The molecular formula is C12H17N3O. The van der Waals surface area contributed by atoms with E-state index in [1.54, 1.807) is 12.3 Å². The number of hydrogen-bond acceptors (Lipinski definition) is 3. The normalized spacial score (nSPS) is 24.3. The highest BCUT2D eigenvalue weighted by molar-refractivity contribution is 5.91. The maximum atomic E-state index is 11.0. The Hall–Kier alpha value is -1.58. The molecule has 0 radical (unpaired) electrons. The van der Waals surface area contributed by atoms with Gasteiger partial charge >= 0.3 is 0 Å². The topological polar surface area (TPSA) is 68.0 Å². The van der Waals surface area contributed by atoms with Gasteiger partial charge in [0.2, 0.25) is 0 Å². The van der Waals surface area contributed by atoms with Crippen molar-refractivity contribution in [1.82, 2.24) is 4.98 Å². The first-order chi connectivity index (χ1) is 7.65. The maximum Gasteiger partial charge on any atom is 0.267 e. The van der Waals surface area contributed by atoms with Gasteiger partial charge < -0.3 is 11.1 Å². The number of aromatic nitrogens is 1. The van der Waals surface area contributed by atoms with Crippen LogP contribution in [0.25, 0.3) is 0 Å². The molecule has 0 bridgehead atoms. The Labute approximate surface area is 95.3 Å². The molecule has 1 heterocycles. The van der Waals surface area contributed by atoms with Crippen LogP contribution in [0.2, 0.25) is 0 Å². The molecule has 0 aromatic carbocycles. The Morgan fingerprint density at radius 3 is 3.00 bits per heavy atom. The van der Waals surface area contributed by atoms with Crippen LogP contribution in [0.3, 0.4) is 0 Å². The number of nitrogens with one attached hydrogen (secondary N) is 1. The first kappa shape index (κ1) is 10.9. The standard InChI is InChI=1S/C12H17N3O/c1-8-2-3-9(6-8)15-10-4-5-14-11(7-10)12(13)16/h4-5,7-9H,2-3,6H2,1H3,(H2,13,16)(H,14,15). The van der Waals surface area contributed by atoms with Crippen molar-refractivity contribution in [2.75, 3.05) is 5.32 Å². The largest absolute Gasteiger partial charge is 0.382 e. The number of carbonyl (C=O) groups excluding carboxylic acids is 1. The summed E-state index contributed by atoms with van der Waals surface area (Å²) >= 11 is 0. The minimum absolute atomic E-state index is 0.316. The van der Waals surface area contributed by atoms with Crippen LogP contribution in [0.5, 0.6) is 0 Å². The lowest BCUT2D eigenvalue weighted by molar-refractivity contribution is 0.0995. The van der Waals surface area contributed by atoms with Crippen molar-refractivity contribution in [3.05, 3.63) is 24.0 Å². The SMILES string of the molecule is CC1CCC(Nc2ccnc(C(N)=O)c2)C1. The number of pyridine rings is 1. The third kappa shape index (κ3) is 2.51. The second-order valence-corrected chi connectivity index (χ2v) is 4.55. The summed E-state index contributed by atoms with van der Waals surface area (Å²) in [5.41, 5.74) is 6.43. The Morgan fingerprint density at radius 2 is 2.38 bits per heavy atom. The summed E-state index contributed by atoms with van der Waals surface area (Å²) in [4.78, 5) is 14.9. The molecule has 1 aromatic rings.